The van der Waals surface area contributed by atoms with E-state index in [2.05, 4.69) is 5.32 Å². The van der Waals surface area contributed by atoms with Crippen LogP contribution in [-0.4, -0.2) is 55.6 Å². The second kappa shape index (κ2) is 10.7. The summed E-state index contributed by atoms with van der Waals surface area (Å²) in [5, 5.41) is 3.13. The van der Waals surface area contributed by atoms with Crippen molar-refractivity contribution in [1.29, 1.82) is 0 Å². The van der Waals surface area contributed by atoms with Crippen LogP contribution in [0.5, 0.6) is 0 Å². The molecule has 0 saturated heterocycles. The van der Waals surface area contributed by atoms with Crippen LogP contribution in [0.2, 0.25) is 5.02 Å². The van der Waals surface area contributed by atoms with E-state index in [1.807, 2.05) is 31.2 Å². The third-order valence-corrected chi connectivity index (χ3v) is 6.94. The molecule has 2 aromatic rings. The summed E-state index contributed by atoms with van der Waals surface area (Å²) in [5.74, 6) is -0.773. The van der Waals surface area contributed by atoms with E-state index < -0.39 is 28.5 Å². The molecule has 2 amide bonds. The van der Waals surface area contributed by atoms with Crippen molar-refractivity contribution in [2.24, 2.45) is 0 Å². The number of nitrogens with zero attached hydrogens (tertiary/aromatic N) is 2. The molecule has 1 N–H and O–H groups in total. The summed E-state index contributed by atoms with van der Waals surface area (Å²) in [6, 6.07) is 12.6. The Morgan fingerprint density at radius 3 is 2.19 bits per heavy atom. The van der Waals surface area contributed by atoms with Crippen molar-refractivity contribution in [2.45, 2.75) is 38.3 Å². The van der Waals surface area contributed by atoms with Crippen LogP contribution >= 0.6 is 11.6 Å². The summed E-state index contributed by atoms with van der Waals surface area (Å²) in [7, 11) is -2.56. The molecule has 168 valence electrons. The Labute approximate surface area is 189 Å². The Morgan fingerprint density at radius 1 is 1.06 bits per heavy atom. The lowest BCUT2D eigenvalue weighted by Gasteiger charge is -2.30. The van der Waals surface area contributed by atoms with E-state index in [1.54, 1.807) is 13.8 Å². The van der Waals surface area contributed by atoms with Gasteiger partial charge in [-0.25, -0.2) is 8.42 Å². The van der Waals surface area contributed by atoms with Crippen LogP contribution in [0.25, 0.3) is 0 Å². The standard InChI is InChI=1S/C22H28ClN3O4S/c1-5-24-22(28)17(3)26(14-18-8-6-16(2)7-9-18)21(27)15-25(4)31(29,30)20-12-10-19(23)11-13-20/h6-13,17H,5,14-15H2,1-4H3,(H,24,28)/t17-/m1/s1. The number of carbonyl (C=O) groups is 2. The highest BCUT2D eigenvalue weighted by Crippen LogP contribution is 2.18. The first kappa shape index (κ1) is 24.8. The molecule has 0 spiro atoms. The minimum absolute atomic E-state index is 0.0362. The van der Waals surface area contributed by atoms with Crippen molar-refractivity contribution in [1.82, 2.24) is 14.5 Å². The van der Waals surface area contributed by atoms with Gasteiger partial charge in [-0.15, -0.1) is 0 Å². The lowest BCUT2D eigenvalue weighted by Crippen LogP contribution is -2.50. The van der Waals surface area contributed by atoms with Gasteiger partial charge in [-0.2, -0.15) is 4.31 Å². The van der Waals surface area contributed by atoms with E-state index in [0.717, 1.165) is 15.4 Å². The van der Waals surface area contributed by atoms with E-state index in [1.165, 1.54) is 36.2 Å². The summed E-state index contributed by atoms with van der Waals surface area (Å²) in [6.45, 7) is 5.60. The minimum Gasteiger partial charge on any atom is -0.355 e. The van der Waals surface area contributed by atoms with Crippen molar-refractivity contribution >= 4 is 33.4 Å². The van der Waals surface area contributed by atoms with Crippen molar-refractivity contribution in [3.8, 4) is 0 Å². The molecular weight excluding hydrogens is 438 g/mol. The smallest absolute Gasteiger partial charge is 0.243 e. The molecule has 0 heterocycles. The number of aryl methyl sites for hydroxylation is 1. The van der Waals surface area contributed by atoms with Crippen LogP contribution in [0.1, 0.15) is 25.0 Å². The topological polar surface area (TPSA) is 86.8 Å². The molecule has 0 radical (unpaired) electrons. The third-order valence-electron chi connectivity index (χ3n) is 4.87. The molecule has 7 nitrogen and oxygen atoms in total. The predicted octanol–water partition coefficient (Wildman–Crippen LogP) is 2.82. The molecular formula is C22H28ClN3O4S. The predicted molar refractivity (Wildman–Crippen MR) is 121 cm³/mol. The van der Waals surface area contributed by atoms with Crippen LogP contribution < -0.4 is 5.32 Å². The number of rotatable bonds is 9. The monoisotopic (exact) mass is 465 g/mol. The average molecular weight is 466 g/mol. The van der Waals surface area contributed by atoms with Crippen molar-refractivity contribution in [2.75, 3.05) is 20.1 Å². The number of likely N-dealkylation sites (N-methyl/N-ethyl adjacent to an activating group) is 2. The Kier molecular flexibility index (Phi) is 8.61. The molecule has 0 aliphatic rings. The Morgan fingerprint density at radius 2 is 1.65 bits per heavy atom. The fourth-order valence-electron chi connectivity index (χ4n) is 2.95. The highest BCUT2D eigenvalue weighted by molar-refractivity contribution is 7.89. The Balaban J connectivity index is 2.25. The maximum absolute atomic E-state index is 13.1. The largest absolute Gasteiger partial charge is 0.355 e. The number of sulfonamides is 1. The van der Waals surface area contributed by atoms with E-state index in [4.69, 9.17) is 11.6 Å². The van der Waals surface area contributed by atoms with Crippen molar-refractivity contribution in [3.63, 3.8) is 0 Å². The van der Waals surface area contributed by atoms with E-state index in [9.17, 15) is 18.0 Å². The molecule has 2 aromatic carbocycles. The molecule has 2 rings (SSSR count). The zero-order chi connectivity index (χ0) is 23.2. The van der Waals surface area contributed by atoms with Crippen LogP contribution in [0.4, 0.5) is 0 Å². The molecule has 0 saturated carbocycles. The second-order valence-corrected chi connectivity index (χ2v) is 9.77. The molecule has 1 atom stereocenters. The fraction of sp³-hybridized carbons (Fsp3) is 0.364. The highest BCUT2D eigenvalue weighted by Gasteiger charge is 2.30. The SMILES string of the molecule is CCNC(=O)[C@@H](C)N(Cc1ccc(C)cc1)C(=O)CN(C)S(=O)(=O)c1ccc(Cl)cc1. The van der Waals surface area contributed by atoms with Crippen molar-refractivity contribution in [3.05, 3.63) is 64.7 Å². The molecule has 0 aliphatic carbocycles. The van der Waals surface area contributed by atoms with Gasteiger partial charge in [0.05, 0.1) is 11.4 Å². The third kappa shape index (κ3) is 6.53. The molecule has 31 heavy (non-hydrogen) atoms. The van der Waals surface area contributed by atoms with Gasteiger partial charge < -0.3 is 10.2 Å². The summed E-state index contributed by atoms with van der Waals surface area (Å²) in [5.41, 5.74) is 1.92. The Hall–Kier alpha value is -2.42. The van der Waals surface area contributed by atoms with Gasteiger partial charge in [-0.3, -0.25) is 9.59 Å². The lowest BCUT2D eigenvalue weighted by molar-refractivity contribution is -0.140. The van der Waals surface area contributed by atoms with E-state index in [-0.39, 0.29) is 17.3 Å². The lowest BCUT2D eigenvalue weighted by atomic mass is 10.1. The van der Waals surface area contributed by atoms with Crippen LogP contribution in [0.3, 0.4) is 0 Å². The first-order chi connectivity index (χ1) is 14.6. The van der Waals surface area contributed by atoms with Gasteiger partial charge in [0.2, 0.25) is 21.8 Å². The summed E-state index contributed by atoms with van der Waals surface area (Å²) in [6.07, 6.45) is 0. The van der Waals surface area contributed by atoms with Crippen LogP contribution in [0, 0.1) is 6.92 Å². The average Bonchev–Trinajstić information content (AvgIpc) is 2.73. The molecule has 0 fully saturated rings. The van der Waals surface area contributed by atoms with Gasteiger partial charge in [0.15, 0.2) is 0 Å². The van der Waals surface area contributed by atoms with Crippen molar-refractivity contribution < 1.29 is 18.0 Å². The van der Waals surface area contributed by atoms with Gasteiger partial charge in [-0.05, 0) is 50.6 Å². The van der Waals surface area contributed by atoms with Crippen LogP contribution in [0.15, 0.2) is 53.4 Å². The van der Waals surface area contributed by atoms with E-state index >= 15 is 0 Å². The van der Waals surface area contributed by atoms with Gasteiger partial charge in [0.25, 0.3) is 0 Å². The first-order valence-electron chi connectivity index (χ1n) is 9.91. The number of halogens is 1. The number of amides is 2. The number of carbonyl (C=O) groups excluding carboxylic acids is 2. The maximum Gasteiger partial charge on any atom is 0.243 e. The summed E-state index contributed by atoms with van der Waals surface area (Å²) in [4.78, 5) is 27.0. The second-order valence-electron chi connectivity index (χ2n) is 7.29. The molecule has 9 heteroatoms. The quantitative estimate of drug-likeness (QED) is 0.617. The van der Waals surface area contributed by atoms with Gasteiger partial charge in [-0.1, -0.05) is 41.4 Å². The van der Waals surface area contributed by atoms with Gasteiger partial charge >= 0.3 is 0 Å². The zero-order valence-electron chi connectivity index (χ0n) is 18.1. The maximum atomic E-state index is 13.1. The fourth-order valence-corrected chi connectivity index (χ4v) is 4.19. The molecule has 0 aromatic heterocycles. The molecule has 0 aliphatic heterocycles. The number of hydrogen-bond acceptors (Lipinski definition) is 4. The number of hydrogen-bond donors (Lipinski definition) is 1. The summed E-state index contributed by atoms with van der Waals surface area (Å²) < 4.78 is 26.7. The highest BCUT2D eigenvalue weighted by atomic mass is 35.5. The van der Waals surface area contributed by atoms with E-state index in [0.29, 0.717) is 11.6 Å². The summed E-state index contributed by atoms with van der Waals surface area (Å²) >= 11 is 5.84. The normalized spacial score (nSPS) is 12.5. The molecule has 0 bridgehead atoms. The van der Waals surface area contributed by atoms with Gasteiger partial charge in [0, 0.05) is 25.2 Å². The number of nitrogens with one attached hydrogen (secondary N) is 1. The molecule has 0 unspecified atom stereocenters. The Bertz CT molecular complexity index is 1010. The number of benzene rings is 2. The van der Waals surface area contributed by atoms with Crippen LogP contribution in [-0.2, 0) is 26.2 Å². The zero-order valence-corrected chi connectivity index (χ0v) is 19.7. The van der Waals surface area contributed by atoms with Gasteiger partial charge in [0.1, 0.15) is 6.04 Å². The minimum atomic E-state index is -3.89. The first-order valence-corrected chi connectivity index (χ1v) is 11.7.